The second kappa shape index (κ2) is 8.62. The van der Waals surface area contributed by atoms with Gasteiger partial charge in [-0.3, -0.25) is 4.98 Å². The molecule has 0 aliphatic heterocycles. The van der Waals surface area contributed by atoms with Crippen LogP contribution in [0.25, 0.3) is 0 Å². The summed E-state index contributed by atoms with van der Waals surface area (Å²) in [6.45, 7) is 8.04. The van der Waals surface area contributed by atoms with Gasteiger partial charge >= 0.3 is 0 Å². The Hall–Kier alpha value is -0.450. The van der Waals surface area contributed by atoms with Crippen LogP contribution in [-0.2, 0) is 11.2 Å². The highest BCUT2D eigenvalue weighted by Gasteiger charge is 2.20. The Morgan fingerprint density at radius 3 is 2.61 bits per heavy atom. The van der Waals surface area contributed by atoms with Crippen LogP contribution in [0.1, 0.15) is 32.9 Å². The molecule has 0 aromatic carbocycles. The average Bonchev–Trinajstić information content (AvgIpc) is 2.38. The molecule has 0 aliphatic rings. The van der Waals surface area contributed by atoms with E-state index in [1.807, 2.05) is 19.2 Å². The van der Waals surface area contributed by atoms with Crippen molar-refractivity contribution in [2.45, 2.75) is 45.8 Å². The molecule has 18 heavy (non-hydrogen) atoms. The molecule has 0 radical (unpaired) electrons. The van der Waals surface area contributed by atoms with E-state index in [1.54, 1.807) is 0 Å². The summed E-state index contributed by atoms with van der Waals surface area (Å²) in [6.07, 6.45) is 4.02. The molecule has 2 unspecified atom stereocenters. The van der Waals surface area contributed by atoms with Crippen molar-refractivity contribution >= 4 is 15.9 Å². The Morgan fingerprint density at radius 2 is 2.11 bits per heavy atom. The Balaban J connectivity index is 2.68. The van der Waals surface area contributed by atoms with Crippen LogP contribution in [0.15, 0.2) is 22.8 Å². The Labute approximate surface area is 118 Å². The van der Waals surface area contributed by atoms with Crippen LogP contribution in [0.5, 0.6) is 0 Å². The highest BCUT2D eigenvalue weighted by molar-refractivity contribution is 9.10. The molecule has 0 bridgehead atoms. The second-order valence-electron chi connectivity index (χ2n) is 4.24. The third-order valence-corrected chi connectivity index (χ3v) is 3.38. The van der Waals surface area contributed by atoms with Crippen molar-refractivity contribution in [2.24, 2.45) is 0 Å². The van der Waals surface area contributed by atoms with Gasteiger partial charge in [-0.25, -0.2) is 0 Å². The zero-order chi connectivity index (χ0) is 13.4. The van der Waals surface area contributed by atoms with Gasteiger partial charge < -0.3 is 10.1 Å². The first kappa shape index (κ1) is 15.6. The summed E-state index contributed by atoms with van der Waals surface area (Å²) >= 11 is 3.41. The van der Waals surface area contributed by atoms with E-state index < -0.39 is 0 Å². The maximum atomic E-state index is 5.80. The van der Waals surface area contributed by atoms with E-state index in [0.29, 0.717) is 6.04 Å². The third kappa shape index (κ3) is 5.04. The number of nitrogens with one attached hydrogen (secondary N) is 1. The molecule has 3 nitrogen and oxygen atoms in total. The van der Waals surface area contributed by atoms with Crippen LogP contribution < -0.4 is 5.32 Å². The number of aromatic nitrogens is 1. The van der Waals surface area contributed by atoms with Gasteiger partial charge in [0.15, 0.2) is 0 Å². The minimum absolute atomic E-state index is 0.250. The zero-order valence-corrected chi connectivity index (χ0v) is 13.0. The number of nitrogens with zero attached hydrogens (tertiary/aromatic N) is 1. The third-order valence-electron chi connectivity index (χ3n) is 2.92. The molecular formula is C14H23BrN2O. The molecule has 0 saturated carbocycles. The van der Waals surface area contributed by atoms with Gasteiger partial charge in [-0.1, -0.05) is 13.8 Å². The minimum Gasteiger partial charge on any atom is -0.377 e. The summed E-state index contributed by atoms with van der Waals surface area (Å²) in [5, 5.41) is 3.50. The zero-order valence-electron chi connectivity index (χ0n) is 11.4. The number of hydrogen-bond donors (Lipinski definition) is 1. The maximum Gasteiger partial charge on any atom is 0.0729 e. The normalized spacial score (nSPS) is 14.4. The fraction of sp³-hybridized carbons (Fsp3) is 0.643. The Morgan fingerprint density at radius 1 is 1.33 bits per heavy atom. The van der Waals surface area contributed by atoms with Crippen LogP contribution in [0.2, 0.25) is 0 Å². The average molecular weight is 315 g/mol. The van der Waals surface area contributed by atoms with Crippen molar-refractivity contribution < 1.29 is 4.74 Å². The molecule has 102 valence electrons. The van der Waals surface area contributed by atoms with Crippen LogP contribution >= 0.6 is 15.9 Å². The number of hydrogen-bond acceptors (Lipinski definition) is 3. The van der Waals surface area contributed by atoms with Crippen molar-refractivity contribution in [3.63, 3.8) is 0 Å². The van der Waals surface area contributed by atoms with E-state index in [0.717, 1.165) is 36.2 Å². The van der Waals surface area contributed by atoms with Gasteiger partial charge in [-0.2, -0.15) is 0 Å². The SMILES string of the molecule is CCNC(Cc1ccc(Br)cn1)C(CC)OCC. The number of pyridine rings is 1. The molecule has 0 spiro atoms. The lowest BCUT2D eigenvalue weighted by Crippen LogP contribution is -2.43. The fourth-order valence-electron chi connectivity index (χ4n) is 2.08. The van der Waals surface area contributed by atoms with Crippen molar-refractivity contribution in [2.75, 3.05) is 13.2 Å². The highest BCUT2D eigenvalue weighted by atomic mass is 79.9. The highest BCUT2D eigenvalue weighted by Crippen LogP contribution is 2.12. The fourth-order valence-corrected chi connectivity index (χ4v) is 2.32. The first-order valence-electron chi connectivity index (χ1n) is 6.66. The molecule has 0 amide bonds. The summed E-state index contributed by atoms with van der Waals surface area (Å²) in [7, 11) is 0. The summed E-state index contributed by atoms with van der Waals surface area (Å²) in [5.74, 6) is 0. The number of ether oxygens (including phenoxy) is 1. The second-order valence-corrected chi connectivity index (χ2v) is 5.15. The first-order chi connectivity index (χ1) is 8.71. The molecule has 0 fully saturated rings. The quantitative estimate of drug-likeness (QED) is 0.800. The first-order valence-corrected chi connectivity index (χ1v) is 7.45. The summed E-state index contributed by atoms with van der Waals surface area (Å²) in [5.41, 5.74) is 1.10. The van der Waals surface area contributed by atoms with Crippen molar-refractivity contribution in [3.05, 3.63) is 28.5 Å². The molecule has 1 rings (SSSR count). The number of rotatable bonds is 8. The van der Waals surface area contributed by atoms with E-state index in [-0.39, 0.29) is 6.10 Å². The van der Waals surface area contributed by atoms with Crippen LogP contribution in [0.4, 0.5) is 0 Å². The monoisotopic (exact) mass is 314 g/mol. The van der Waals surface area contributed by atoms with Crippen LogP contribution in [0, 0.1) is 0 Å². The van der Waals surface area contributed by atoms with E-state index >= 15 is 0 Å². The molecule has 2 atom stereocenters. The van der Waals surface area contributed by atoms with Crippen molar-refractivity contribution in [1.82, 2.24) is 10.3 Å². The van der Waals surface area contributed by atoms with Gasteiger partial charge in [0, 0.05) is 35.4 Å². The van der Waals surface area contributed by atoms with Gasteiger partial charge in [0.05, 0.1) is 6.10 Å². The lowest BCUT2D eigenvalue weighted by atomic mass is 10.0. The van der Waals surface area contributed by atoms with E-state index in [4.69, 9.17) is 4.74 Å². The summed E-state index contributed by atoms with van der Waals surface area (Å²) in [4.78, 5) is 4.43. The Kier molecular flexibility index (Phi) is 7.47. The standard InChI is InChI=1S/C14H23BrN2O/c1-4-14(18-6-3)13(16-5-2)9-12-8-7-11(15)10-17-12/h7-8,10,13-14,16H,4-6,9H2,1-3H3. The van der Waals surface area contributed by atoms with Crippen molar-refractivity contribution in [1.29, 1.82) is 0 Å². The van der Waals surface area contributed by atoms with Gasteiger partial charge in [0.25, 0.3) is 0 Å². The van der Waals surface area contributed by atoms with Crippen molar-refractivity contribution in [3.8, 4) is 0 Å². The van der Waals surface area contributed by atoms with E-state index in [2.05, 4.69) is 46.1 Å². The van der Waals surface area contributed by atoms with Gasteiger partial charge in [0.2, 0.25) is 0 Å². The molecule has 1 N–H and O–H groups in total. The molecule has 1 aromatic heterocycles. The topological polar surface area (TPSA) is 34.2 Å². The minimum atomic E-state index is 0.250. The largest absolute Gasteiger partial charge is 0.377 e. The van der Waals surface area contributed by atoms with Gasteiger partial charge in [0.1, 0.15) is 0 Å². The van der Waals surface area contributed by atoms with Crippen LogP contribution in [0.3, 0.4) is 0 Å². The molecular weight excluding hydrogens is 292 g/mol. The van der Waals surface area contributed by atoms with E-state index in [1.165, 1.54) is 0 Å². The lowest BCUT2D eigenvalue weighted by Gasteiger charge is -2.26. The predicted molar refractivity (Wildman–Crippen MR) is 78.8 cm³/mol. The Bertz CT molecular complexity index is 329. The smallest absolute Gasteiger partial charge is 0.0729 e. The molecule has 1 heterocycles. The molecule has 0 aliphatic carbocycles. The molecule has 0 saturated heterocycles. The van der Waals surface area contributed by atoms with E-state index in [9.17, 15) is 0 Å². The summed E-state index contributed by atoms with van der Waals surface area (Å²) < 4.78 is 6.82. The number of halogens is 1. The molecule has 1 aromatic rings. The van der Waals surface area contributed by atoms with Crippen LogP contribution in [-0.4, -0.2) is 30.3 Å². The maximum absolute atomic E-state index is 5.80. The molecule has 4 heteroatoms. The predicted octanol–water partition coefficient (Wildman–Crippen LogP) is 3.18. The number of likely N-dealkylation sites (N-methyl/N-ethyl adjacent to an activating group) is 1. The summed E-state index contributed by atoms with van der Waals surface area (Å²) in [6, 6.07) is 4.42. The van der Waals surface area contributed by atoms with Gasteiger partial charge in [-0.15, -0.1) is 0 Å². The lowest BCUT2D eigenvalue weighted by molar-refractivity contribution is 0.0321. The van der Waals surface area contributed by atoms with Gasteiger partial charge in [-0.05, 0) is 48.0 Å².